The summed E-state index contributed by atoms with van der Waals surface area (Å²) in [6, 6.07) is 2.10. The van der Waals surface area contributed by atoms with Gasteiger partial charge in [0.05, 0.1) is 18.2 Å². The van der Waals surface area contributed by atoms with Crippen LogP contribution in [0.25, 0.3) is 0 Å². The minimum atomic E-state index is -1.01. The molecule has 154 valence electrons. The van der Waals surface area contributed by atoms with E-state index in [1.54, 1.807) is 6.92 Å². The van der Waals surface area contributed by atoms with Crippen LogP contribution in [0.3, 0.4) is 0 Å². The summed E-state index contributed by atoms with van der Waals surface area (Å²) in [7, 11) is 0. The highest BCUT2D eigenvalue weighted by molar-refractivity contribution is 7.17. The number of rotatable bonds is 7. The van der Waals surface area contributed by atoms with E-state index in [4.69, 9.17) is 13.9 Å². The third kappa shape index (κ3) is 4.62. The summed E-state index contributed by atoms with van der Waals surface area (Å²) < 4.78 is 14.7. The lowest BCUT2D eigenvalue weighted by molar-refractivity contribution is -0.402. The van der Waals surface area contributed by atoms with Gasteiger partial charge in [0.1, 0.15) is 9.92 Å². The van der Waals surface area contributed by atoms with Crippen molar-refractivity contribution in [1.29, 1.82) is 0 Å². The monoisotopic (exact) mass is 422 g/mol. The number of amides is 1. The molecule has 3 rings (SSSR count). The molecule has 29 heavy (non-hydrogen) atoms. The molecule has 0 unspecified atom stereocenters. The van der Waals surface area contributed by atoms with E-state index in [2.05, 4.69) is 5.32 Å². The molecule has 2 aromatic heterocycles. The third-order valence-corrected chi connectivity index (χ3v) is 5.42. The van der Waals surface area contributed by atoms with Gasteiger partial charge in [0, 0.05) is 4.88 Å². The summed E-state index contributed by atoms with van der Waals surface area (Å²) in [6.07, 6.45) is 3.53. The first kappa shape index (κ1) is 20.5. The van der Waals surface area contributed by atoms with Crippen molar-refractivity contribution in [3.05, 3.63) is 44.0 Å². The number of nitrogens with zero attached hydrogens (tertiary/aromatic N) is 1. The Balaban J connectivity index is 1.67. The summed E-state index contributed by atoms with van der Waals surface area (Å²) in [6.45, 7) is 1.27. The van der Waals surface area contributed by atoms with Crippen LogP contribution in [-0.2, 0) is 27.1 Å². The highest BCUT2D eigenvalue weighted by Gasteiger charge is 2.27. The van der Waals surface area contributed by atoms with Gasteiger partial charge in [0.15, 0.2) is 6.61 Å². The maximum Gasteiger partial charge on any atom is 0.433 e. The summed E-state index contributed by atoms with van der Waals surface area (Å²) >= 11 is 1.31. The van der Waals surface area contributed by atoms with Crippen LogP contribution >= 0.6 is 11.3 Å². The Morgan fingerprint density at radius 1 is 1.21 bits per heavy atom. The van der Waals surface area contributed by atoms with Gasteiger partial charge in [-0.25, -0.2) is 9.59 Å². The van der Waals surface area contributed by atoms with Crippen molar-refractivity contribution in [2.75, 3.05) is 18.5 Å². The van der Waals surface area contributed by atoms with Crippen molar-refractivity contribution in [2.24, 2.45) is 0 Å². The van der Waals surface area contributed by atoms with Gasteiger partial charge in [-0.05, 0) is 44.2 Å². The Morgan fingerprint density at radius 2 is 1.97 bits per heavy atom. The fourth-order valence-electron chi connectivity index (χ4n) is 2.97. The maximum atomic E-state index is 12.4. The van der Waals surface area contributed by atoms with Gasteiger partial charge in [-0.2, -0.15) is 0 Å². The Bertz CT molecular complexity index is 961. The first-order chi connectivity index (χ1) is 13.9. The second-order valence-corrected chi connectivity index (χ2v) is 7.26. The van der Waals surface area contributed by atoms with E-state index in [-0.39, 0.29) is 12.4 Å². The van der Waals surface area contributed by atoms with Crippen molar-refractivity contribution < 1.29 is 33.2 Å². The molecule has 0 aromatic carbocycles. The number of anilines is 1. The first-order valence-electron chi connectivity index (χ1n) is 8.93. The molecule has 0 fully saturated rings. The lowest BCUT2D eigenvalue weighted by Crippen LogP contribution is -2.21. The molecule has 1 N–H and O–H groups in total. The van der Waals surface area contributed by atoms with Crippen LogP contribution in [0.15, 0.2) is 16.5 Å². The molecule has 11 heteroatoms. The number of furan rings is 1. The van der Waals surface area contributed by atoms with Crippen LogP contribution < -0.4 is 5.32 Å². The fraction of sp³-hybridized carbons (Fsp3) is 0.389. The quantitative estimate of drug-likeness (QED) is 0.408. The number of hydrogen-bond acceptors (Lipinski definition) is 9. The number of fused-ring (bicyclic) bond motifs is 1. The molecule has 1 aliphatic carbocycles. The molecule has 2 aromatic rings. The zero-order valence-corrected chi connectivity index (χ0v) is 16.3. The van der Waals surface area contributed by atoms with E-state index in [1.807, 2.05) is 0 Å². The molecule has 0 radical (unpaired) electrons. The van der Waals surface area contributed by atoms with Crippen molar-refractivity contribution in [3.8, 4) is 0 Å². The van der Waals surface area contributed by atoms with Gasteiger partial charge in [-0.1, -0.05) is 0 Å². The number of hydrogen-bond donors (Lipinski definition) is 1. The van der Waals surface area contributed by atoms with Crippen LogP contribution in [0.4, 0.5) is 10.9 Å². The Hall–Kier alpha value is -3.21. The highest BCUT2D eigenvalue weighted by Crippen LogP contribution is 2.38. The van der Waals surface area contributed by atoms with E-state index in [1.165, 1.54) is 11.3 Å². The Labute approximate surface area is 168 Å². The van der Waals surface area contributed by atoms with Crippen molar-refractivity contribution in [1.82, 2.24) is 0 Å². The molecule has 0 saturated heterocycles. The SMILES string of the molecule is CCOC(=O)c1c(NC(=O)COC(=O)c2ccc([N+](=O)[O-])o2)sc2c1CCCC2. The molecule has 0 bridgehead atoms. The van der Waals surface area contributed by atoms with E-state index >= 15 is 0 Å². The number of carbonyl (C=O) groups excluding carboxylic acids is 3. The number of nitro groups is 1. The summed E-state index contributed by atoms with van der Waals surface area (Å²) in [5, 5.41) is 13.5. The fourth-order valence-corrected chi connectivity index (χ4v) is 4.27. The normalized spacial score (nSPS) is 12.7. The van der Waals surface area contributed by atoms with Crippen LogP contribution in [0.2, 0.25) is 0 Å². The second kappa shape index (κ2) is 8.86. The highest BCUT2D eigenvalue weighted by atomic mass is 32.1. The van der Waals surface area contributed by atoms with Crippen LogP contribution in [0.1, 0.15) is 51.1 Å². The Kier molecular flexibility index (Phi) is 6.27. The summed E-state index contributed by atoms with van der Waals surface area (Å²) in [5.74, 6) is -3.15. The second-order valence-electron chi connectivity index (χ2n) is 6.15. The number of thiophene rings is 1. The minimum Gasteiger partial charge on any atom is -0.462 e. The standard InChI is InChI=1S/C18H18N2O8S/c1-2-26-18(23)15-10-5-3-4-6-12(10)29-16(15)19-13(21)9-27-17(22)11-7-8-14(28-11)20(24)25/h7-8H,2-6,9H2,1H3,(H,19,21). The third-order valence-electron chi connectivity index (χ3n) is 4.21. The molecule has 2 heterocycles. The summed E-state index contributed by atoms with van der Waals surface area (Å²) in [4.78, 5) is 47.3. The number of nitrogens with one attached hydrogen (secondary N) is 1. The molecule has 0 saturated carbocycles. The van der Waals surface area contributed by atoms with Gasteiger partial charge in [0.2, 0.25) is 5.76 Å². The Morgan fingerprint density at radius 3 is 2.66 bits per heavy atom. The molecule has 1 aliphatic rings. The van der Waals surface area contributed by atoms with Crippen LogP contribution in [0.5, 0.6) is 0 Å². The first-order valence-corrected chi connectivity index (χ1v) is 9.75. The van der Waals surface area contributed by atoms with Gasteiger partial charge < -0.3 is 19.2 Å². The molecule has 0 aliphatic heterocycles. The smallest absolute Gasteiger partial charge is 0.433 e. The number of esters is 2. The van der Waals surface area contributed by atoms with Crippen molar-refractivity contribution in [2.45, 2.75) is 32.6 Å². The molecule has 0 atom stereocenters. The molecular formula is C18H18N2O8S. The average molecular weight is 422 g/mol. The van der Waals surface area contributed by atoms with Gasteiger partial charge >= 0.3 is 17.8 Å². The van der Waals surface area contributed by atoms with Crippen LogP contribution in [0, 0.1) is 10.1 Å². The zero-order valence-electron chi connectivity index (χ0n) is 15.5. The van der Waals surface area contributed by atoms with Gasteiger partial charge in [-0.3, -0.25) is 14.9 Å². The number of carbonyl (C=O) groups is 3. The number of ether oxygens (including phenoxy) is 2. The van der Waals surface area contributed by atoms with E-state index < -0.39 is 35.3 Å². The summed E-state index contributed by atoms with van der Waals surface area (Å²) in [5.41, 5.74) is 1.25. The zero-order chi connectivity index (χ0) is 21.0. The van der Waals surface area contributed by atoms with Crippen molar-refractivity contribution in [3.63, 3.8) is 0 Å². The van der Waals surface area contributed by atoms with Crippen molar-refractivity contribution >= 4 is 40.1 Å². The van der Waals surface area contributed by atoms with Gasteiger partial charge in [0.25, 0.3) is 5.91 Å². The molecule has 10 nitrogen and oxygen atoms in total. The lowest BCUT2D eigenvalue weighted by Gasteiger charge is -2.12. The predicted octanol–water partition coefficient (Wildman–Crippen LogP) is 3.10. The van der Waals surface area contributed by atoms with Gasteiger partial charge in [-0.15, -0.1) is 11.3 Å². The average Bonchev–Trinajstić information content (AvgIpc) is 3.31. The van der Waals surface area contributed by atoms with E-state index in [0.717, 1.165) is 48.3 Å². The van der Waals surface area contributed by atoms with E-state index in [9.17, 15) is 24.5 Å². The molecule has 1 amide bonds. The molecule has 0 spiro atoms. The molecular weight excluding hydrogens is 404 g/mol. The predicted molar refractivity (Wildman–Crippen MR) is 101 cm³/mol. The number of aryl methyl sites for hydroxylation is 1. The minimum absolute atomic E-state index is 0.212. The maximum absolute atomic E-state index is 12.4. The van der Waals surface area contributed by atoms with E-state index in [0.29, 0.717) is 10.6 Å². The topological polar surface area (TPSA) is 138 Å². The van der Waals surface area contributed by atoms with Crippen LogP contribution in [-0.4, -0.2) is 36.0 Å². The largest absolute Gasteiger partial charge is 0.462 e. The lowest BCUT2D eigenvalue weighted by atomic mass is 9.95.